The monoisotopic (exact) mass is 529 g/mol. The fourth-order valence-electron chi connectivity index (χ4n) is 4.67. The summed E-state index contributed by atoms with van der Waals surface area (Å²) in [6.07, 6.45) is 8.27. The summed E-state index contributed by atoms with van der Waals surface area (Å²) in [5, 5.41) is 10.4. The van der Waals surface area contributed by atoms with Crippen LogP contribution < -0.4 is 5.32 Å². The number of aromatic amines is 2. The van der Waals surface area contributed by atoms with Gasteiger partial charge in [-0.1, -0.05) is 18.2 Å². The lowest BCUT2D eigenvalue weighted by molar-refractivity contribution is 0.102. The van der Waals surface area contributed by atoms with E-state index in [1.807, 2.05) is 19.2 Å². The van der Waals surface area contributed by atoms with Gasteiger partial charge in [0.1, 0.15) is 23.4 Å². The normalized spacial score (nSPS) is 11.3. The number of nitrogens with zero attached hydrogens (tertiary/aromatic N) is 6. The van der Waals surface area contributed by atoms with E-state index >= 15 is 4.39 Å². The van der Waals surface area contributed by atoms with Gasteiger partial charge in [0.05, 0.1) is 34.0 Å². The van der Waals surface area contributed by atoms with Crippen molar-refractivity contribution in [2.45, 2.75) is 6.92 Å². The Labute approximate surface area is 226 Å². The van der Waals surface area contributed by atoms with Crippen LogP contribution in [0, 0.1) is 12.7 Å². The Bertz CT molecular complexity index is 2040. The predicted molar refractivity (Wildman–Crippen MR) is 148 cm³/mol. The molecular weight excluding hydrogens is 509 g/mol. The van der Waals surface area contributed by atoms with Gasteiger partial charge in [-0.3, -0.25) is 19.4 Å². The molecule has 0 atom stereocenters. The van der Waals surface area contributed by atoms with Crippen LogP contribution in [0.2, 0.25) is 0 Å². The van der Waals surface area contributed by atoms with E-state index in [0.29, 0.717) is 50.7 Å². The highest BCUT2D eigenvalue weighted by Gasteiger charge is 2.21. The van der Waals surface area contributed by atoms with Crippen molar-refractivity contribution < 1.29 is 9.18 Å². The largest absolute Gasteiger partial charge is 0.336 e. The Morgan fingerprint density at radius 3 is 2.73 bits per heavy atom. The van der Waals surface area contributed by atoms with Gasteiger partial charge in [-0.15, -0.1) is 0 Å². The Balaban J connectivity index is 1.28. The van der Waals surface area contributed by atoms with Gasteiger partial charge in [-0.2, -0.15) is 5.10 Å². The van der Waals surface area contributed by atoms with Crippen LogP contribution in [-0.4, -0.2) is 45.6 Å². The molecular formula is C29H20FN9O. The maximum Gasteiger partial charge on any atom is 0.255 e. The molecule has 2 aromatic carbocycles. The van der Waals surface area contributed by atoms with E-state index < -0.39 is 5.82 Å². The maximum atomic E-state index is 16.2. The van der Waals surface area contributed by atoms with Crippen LogP contribution in [0.1, 0.15) is 16.1 Å². The second-order valence-corrected chi connectivity index (χ2v) is 9.24. The second-order valence-electron chi connectivity index (χ2n) is 9.24. The number of carbonyl (C=O) groups is 1. The Kier molecular flexibility index (Phi) is 5.41. The molecule has 0 fully saturated rings. The molecule has 0 aliphatic heterocycles. The lowest BCUT2D eigenvalue weighted by Crippen LogP contribution is -2.11. The number of anilines is 1. The first-order valence-corrected chi connectivity index (χ1v) is 12.4. The lowest BCUT2D eigenvalue weighted by Gasteiger charge is -2.09. The number of imidazole rings is 2. The molecule has 11 heteroatoms. The van der Waals surface area contributed by atoms with Crippen LogP contribution in [0.15, 0.2) is 85.7 Å². The SMILES string of the molecule is Cc1cn(-c2nccc3[nH]c(-c4n[nH]c5ccc(-c6cncc(NC(=O)c7ccccc7)c6)c(F)c45)nc23)cn1. The molecule has 0 spiro atoms. The average molecular weight is 530 g/mol. The smallest absolute Gasteiger partial charge is 0.255 e. The number of rotatable bonds is 5. The number of nitrogens with one attached hydrogen (secondary N) is 3. The van der Waals surface area contributed by atoms with Gasteiger partial charge >= 0.3 is 0 Å². The Morgan fingerprint density at radius 2 is 1.90 bits per heavy atom. The Morgan fingerprint density at radius 1 is 1.02 bits per heavy atom. The molecule has 0 unspecified atom stereocenters. The van der Waals surface area contributed by atoms with Gasteiger partial charge in [0.15, 0.2) is 11.6 Å². The number of benzene rings is 2. The number of amides is 1. The van der Waals surface area contributed by atoms with Gasteiger partial charge < -0.3 is 10.3 Å². The number of aromatic nitrogens is 8. The standard InChI is InChI=1S/C29H20FN9O/c1-16-14-39(15-33-16)28-25-22(9-10-32-28)35-27(36-25)26-23-21(37-38-26)8-7-20(24(23)30)18-11-19(13-31-12-18)34-29(40)17-5-3-2-4-6-17/h2-15H,1H3,(H,34,40)(H,35,36)(H,37,38). The molecule has 194 valence electrons. The summed E-state index contributed by atoms with van der Waals surface area (Å²) in [4.78, 5) is 33.6. The molecule has 0 radical (unpaired) electrons. The summed E-state index contributed by atoms with van der Waals surface area (Å²) in [6.45, 7) is 1.89. The van der Waals surface area contributed by atoms with Crippen LogP contribution in [0.4, 0.5) is 10.1 Å². The summed E-state index contributed by atoms with van der Waals surface area (Å²) in [5.74, 6) is 0.225. The molecule has 10 nitrogen and oxygen atoms in total. The van der Waals surface area contributed by atoms with Crippen molar-refractivity contribution >= 4 is 33.5 Å². The molecule has 0 bridgehead atoms. The van der Waals surface area contributed by atoms with E-state index in [4.69, 9.17) is 4.98 Å². The van der Waals surface area contributed by atoms with Gasteiger partial charge in [0, 0.05) is 35.3 Å². The van der Waals surface area contributed by atoms with E-state index in [1.54, 1.807) is 71.8 Å². The molecule has 3 N–H and O–H groups in total. The molecule has 0 saturated carbocycles. The fraction of sp³-hybridized carbons (Fsp3) is 0.0345. The van der Waals surface area contributed by atoms with Crippen LogP contribution >= 0.6 is 0 Å². The number of pyridine rings is 2. The average Bonchev–Trinajstić information content (AvgIpc) is 3.72. The third-order valence-corrected chi connectivity index (χ3v) is 6.57. The molecule has 7 aromatic rings. The van der Waals surface area contributed by atoms with E-state index in [0.717, 1.165) is 11.2 Å². The van der Waals surface area contributed by atoms with Gasteiger partial charge in [-0.25, -0.2) is 19.3 Å². The van der Waals surface area contributed by atoms with Crippen molar-refractivity contribution in [2.24, 2.45) is 0 Å². The molecule has 0 aliphatic rings. The first-order chi connectivity index (χ1) is 19.5. The van der Waals surface area contributed by atoms with Crippen LogP contribution in [0.5, 0.6) is 0 Å². The minimum Gasteiger partial charge on any atom is -0.336 e. The minimum atomic E-state index is -0.487. The second kappa shape index (κ2) is 9.24. The van der Waals surface area contributed by atoms with Crippen molar-refractivity contribution in [1.29, 1.82) is 0 Å². The summed E-state index contributed by atoms with van der Waals surface area (Å²) in [7, 11) is 0. The van der Waals surface area contributed by atoms with Crippen LogP contribution in [0.3, 0.4) is 0 Å². The highest BCUT2D eigenvalue weighted by Crippen LogP contribution is 2.34. The van der Waals surface area contributed by atoms with Crippen molar-refractivity contribution in [3.63, 3.8) is 0 Å². The van der Waals surface area contributed by atoms with Gasteiger partial charge in [0.25, 0.3) is 5.91 Å². The van der Waals surface area contributed by atoms with E-state index in [-0.39, 0.29) is 11.3 Å². The van der Waals surface area contributed by atoms with Crippen molar-refractivity contribution in [3.05, 3.63) is 103 Å². The third-order valence-electron chi connectivity index (χ3n) is 6.57. The topological polar surface area (TPSA) is 130 Å². The van der Waals surface area contributed by atoms with Crippen molar-refractivity contribution in [3.8, 4) is 28.5 Å². The molecule has 40 heavy (non-hydrogen) atoms. The van der Waals surface area contributed by atoms with Crippen molar-refractivity contribution in [1.82, 2.24) is 39.7 Å². The number of hydrogen-bond acceptors (Lipinski definition) is 6. The lowest BCUT2D eigenvalue weighted by atomic mass is 10.0. The third kappa shape index (κ3) is 3.97. The number of halogens is 1. The van der Waals surface area contributed by atoms with E-state index in [9.17, 15) is 4.79 Å². The minimum absolute atomic E-state index is 0.280. The molecule has 0 saturated heterocycles. The molecule has 1 amide bonds. The van der Waals surface area contributed by atoms with Crippen LogP contribution in [0.25, 0.3) is 50.4 Å². The fourth-order valence-corrected chi connectivity index (χ4v) is 4.67. The number of aryl methyl sites for hydroxylation is 1. The van der Waals surface area contributed by atoms with E-state index in [1.165, 1.54) is 6.20 Å². The number of carbonyl (C=O) groups excluding carboxylic acids is 1. The summed E-state index contributed by atoms with van der Waals surface area (Å²) < 4.78 is 17.9. The molecule has 7 rings (SSSR count). The zero-order valence-corrected chi connectivity index (χ0v) is 21.1. The van der Waals surface area contributed by atoms with Crippen LogP contribution in [-0.2, 0) is 0 Å². The number of H-pyrrole nitrogens is 2. The number of hydrogen-bond donors (Lipinski definition) is 3. The molecule has 5 heterocycles. The first kappa shape index (κ1) is 23.4. The number of fused-ring (bicyclic) bond motifs is 2. The zero-order valence-electron chi connectivity index (χ0n) is 21.1. The summed E-state index contributed by atoms with van der Waals surface area (Å²) in [5.41, 5.74) is 4.80. The maximum absolute atomic E-state index is 16.2. The zero-order chi connectivity index (χ0) is 27.2. The molecule has 0 aliphatic carbocycles. The summed E-state index contributed by atoms with van der Waals surface area (Å²) in [6, 6.07) is 15.7. The highest BCUT2D eigenvalue weighted by atomic mass is 19.1. The van der Waals surface area contributed by atoms with Gasteiger partial charge in [0.2, 0.25) is 0 Å². The molecule has 5 aromatic heterocycles. The van der Waals surface area contributed by atoms with E-state index in [2.05, 4.69) is 35.5 Å². The van der Waals surface area contributed by atoms with Crippen molar-refractivity contribution in [2.75, 3.05) is 5.32 Å². The highest BCUT2D eigenvalue weighted by molar-refractivity contribution is 6.04. The quantitative estimate of drug-likeness (QED) is 0.272. The first-order valence-electron chi connectivity index (χ1n) is 12.4. The van der Waals surface area contributed by atoms with Gasteiger partial charge in [-0.05, 0) is 43.3 Å². The predicted octanol–water partition coefficient (Wildman–Crippen LogP) is 5.45. The Hall–Kier alpha value is -5.71. The summed E-state index contributed by atoms with van der Waals surface area (Å²) >= 11 is 0.